The van der Waals surface area contributed by atoms with E-state index >= 15 is 0 Å². The Labute approximate surface area is 168 Å². The lowest BCUT2D eigenvalue weighted by Crippen LogP contribution is -2.48. The molecule has 28 heavy (non-hydrogen) atoms. The van der Waals surface area contributed by atoms with Crippen molar-refractivity contribution >= 4 is 27.3 Å². The van der Waals surface area contributed by atoms with Crippen LogP contribution in [0.2, 0.25) is 0 Å². The molecule has 150 valence electrons. The zero-order valence-electron chi connectivity index (χ0n) is 15.2. The third-order valence-electron chi connectivity index (χ3n) is 4.92. The Kier molecular flexibility index (Phi) is 5.56. The molecule has 4 rings (SSSR count). The van der Waals surface area contributed by atoms with Crippen LogP contribution < -0.4 is 14.8 Å². The minimum atomic E-state index is -3.53. The van der Waals surface area contributed by atoms with Crippen molar-refractivity contribution in [3.05, 3.63) is 41.8 Å². The Morgan fingerprint density at radius 2 is 2.04 bits per heavy atom. The van der Waals surface area contributed by atoms with E-state index in [1.165, 1.54) is 15.6 Å². The predicted octanol–water partition coefficient (Wildman–Crippen LogP) is 2.10. The van der Waals surface area contributed by atoms with E-state index in [4.69, 9.17) is 9.47 Å². The van der Waals surface area contributed by atoms with E-state index < -0.39 is 10.0 Å². The average molecular weight is 423 g/mol. The Morgan fingerprint density at radius 3 is 2.82 bits per heavy atom. The molecule has 1 aromatic carbocycles. The summed E-state index contributed by atoms with van der Waals surface area (Å²) in [6.45, 7) is 1.33. The number of nitrogens with one attached hydrogen (secondary N) is 1. The number of rotatable bonds is 5. The molecular formula is C19H22N2O5S2. The van der Waals surface area contributed by atoms with Gasteiger partial charge in [-0.25, -0.2) is 8.42 Å². The molecule has 2 aliphatic heterocycles. The molecule has 0 radical (unpaired) electrons. The molecule has 0 saturated carbocycles. The van der Waals surface area contributed by atoms with Gasteiger partial charge in [0.2, 0.25) is 5.91 Å². The van der Waals surface area contributed by atoms with E-state index in [1.807, 2.05) is 24.3 Å². The fraction of sp³-hybridized carbons (Fsp3) is 0.421. The van der Waals surface area contributed by atoms with Gasteiger partial charge in [-0.1, -0.05) is 18.2 Å². The second-order valence-corrected chi connectivity index (χ2v) is 9.99. The molecule has 9 heteroatoms. The van der Waals surface area contributed by atoms with Gasteiger partial charge < -0.3 is 14.8 Å². The highest BCUT2D eigenvalue weighted by Gasteiger charge is 2.34. The van der Waals surface area contributed by atoms with Crippen molar-refractivity contribution in [1.29, 1.82) is 0 Å². The predicted molar refractivity (Wildman–Crippen MR) is 105 cm³/mol. The number of ether oxygens (including phenoxy) is 2. The second kappa shape index (κ2) is 8.10. The van der Waals surface area contributed by atoms with Crippen LogP contribution in [0, 0.1) is 5.92 Å². The van der Waals surface area contributed by atoms with E-state index in [-0.39, 0.29) is 24.5 Å². The van der Waals surface area contributed by atoms with Crippen LogP contribution in [0.15, 0.2) is 46.0 Å². The van der Waals surface area contributed by atoms with Crippen molar-refractivity contribution in [3.8, 4) is 11.5 Å². The first-order chi connectivity index (χ1) is 13.5. The molecule has 7 nitrogen and oxygen atoms in total. The lowest BCUT2D eigenvalue weighted by molar-refractivity contribution is -0.126. The number of thiophene rings is 1. The SMILES string of the molecule is O=C(NC[C@@H]1COc2ccccc2O1)[C@@H]1CCCN(S(=O)(=O)c2cccs2)C1. The van der Waals surface area contributed by atoms with E-state index in [2.05, 4.69) is 5.32 Å². The molecule has 1 aromatic heterocycles. The van der Waals surface area contributed by atoms with Gasteiger partial charge in [0.05, 0.1) is 12.5 Å². The monoisotopic (exact) mass is 422 g/mol. The lowest BCUT2D eigenvalue weighted by Gasteiger charge is -2.31. The summed E-state index contributed by atoms with van der Waals surface area (Å²) in [7, 11) is -3.53. The van der Waals surface area contributed by atoms with Crippen LogP contribution in [0.25, 0.3) is 0 Å². The molecule has 3 heterocycles. The molecule has 0 bridgehead atoms. The van der Waals surface area contributed by atoms with Crippen LogP contribution in [0.5, 0.6) is 11.5 Å². The number of piperidine rings is 1. The molecule has 1 fully saturated rings. The lowest BCUT2D eigenvalue weighted by atomic mass is 9.99. The highest BCUT2D eigenvalue weighted by molar-refractivity contribution is 7.91. The van der Waals surface area contributed by atoms with Gasteiger partial charge in [0, 0.05) is 13.1 Å². The fourth-order valence-electron chi connectivity index (χ4n) is 3.43. The maximum absolute atomic E-state index is 12.7. The molecule has 1 saturated heterocycles. The van der Waals surface area contributed by atoms with Gasteiger partial charge in [-0.3, -0.25) is 4.79 Å². The molecule has 0 aliphatic carbocycles. The van der Waals surface area contributed by atoms with Gasteiger partial charge in [-0.05, 0) is 36.4 Å². The van der Waals surface area contributed by atoms with E-state index in [0.717, 1.165) is 0 Å². The van der Waals surface area contributed by atoms with Crippen LogP contribution in [0.4, 0.5) is 0 Å². The van der Waals surface area contributed by atoms with Crippen LogP contribution >= 0.6 is 11.3 Å². The minimum absolute atomic E-state index is 0.145. The quantitative estimate of drug-likeness (QED) is 0.798. The Balaban J connectivity index is 1.33. The number of benzene rings is 1. The third-order valence-corrected chi connectivity index (χ3v) is 8.15. The zero-order valence-corrected chi connectivity index (χ0v) is 16.9. The van der Waals surface area contributed by atoms with E-state index in [1.54, 1.807) is 17.5 Å². The molecule has 1 N–H and O–H groups in total. The van der Waals surface area contributed by atoms with Gasteiger partial charge in [0.1, 0.15) is 16.9 Å². The summed E-state index contributed by atoms with van der Waals surface area (Å²) in [5, 5.41) is 4.64. The van der Waals surface area contributed by atoms with Crippen LogP contribution in [-0.2, 0) is 14.8 Å². The third kappa shape index (κ3) is 4.01. The first-order valence-corrected chi connectivity index (χ1v) is 11.6. The van der Waals surface area contributed by atoms with Crippen molar-refractivity contribution < 1.29 is 22.7 Å². The number of carbonyl (C=O) groups is 1. The Hall–Kier alpha value is -2.10. The van der Waals surface area contributed by atoms with Crippen molar-refractivity contribution in [2.24, 2.45) is 5.92 Å². The van der Waals surface area contributed by atoms with Gasteiger partial charge >= 0.3 is 0 Å². The summed E-state index contributed by atoms with van der Waals surface area (Å²) < 4.78 is 38.7. The number of amides is 1. The first-order valence-electron chi connectivity index (χ1n) is 9.24. The molecule has 2 aromatic rings. The Morgan fingerprint density at radius 1 is 1.21 bits per heavy atom. The average Bonchev–Trinajstić information content (AvgIpc) is 3.28. The maximum atomic E-state index is 12.7. The second-order valence-electron chi connectivity index (χ2n) is 6.88. The molecule has 0 unspecified atom stereocenters. The summed E-state index contributed by atoms with van der Waals surface area (Å²) in [6.07, 6.45) is 1.07. The number of para-hydroxylation sites is 2. The summed E-state index contributed by atoms with van der Waals surface area (Å²) in [5.74, 6) is 0.861. The van der Waals surface area contributed by atoms with Crippen molar-refractivity contribution in [2.45, 2.75) is 23.2 Å². The van der Waals surface area contributed by atoms with Gasteiger partial charge in [-0.15, -0.1) is 11.3 Å². The molecule has 0 spiro atoms. The summed E-state index contributed by atoms with van der Waals surface area (Å²) >= 11 is 1.20. The fourth-order valence-corrected chi connectivity index (χ4v) is 6.10. The summed E-state index contributed by atoms with van der Waals surface area (Å²) in [6, 6.07) is 10.7. The first kappa shape index (κ1) is 19.2. The number of hydrogen-bond acceptors (Lipinski definition) is 6. The van der Waals surface area contributed by atoms with Crippen molar-refractivity contribution in [1.82, 2.24) is 9.62 Å². The van der Waals surface area contributed by atoms with E-state index in [9.17, 15) is 13.2 Å². The van der Waals surface area contributed by atoms with Crippen LogP contribution in [-0.4, -0.2) is 51.0 Å². The highest BCUT2D eigenvalue weighted by atomic mass is 32.2. The maximum Gasteiger partial charge on any atom is 0.252 e. The molecule has 1 amide bonds. The van der Waals surface area contributed by atoms with Gasteiger partial charge in [0.15, 0.2) is 11.5 Å². The Bertz CT molecular complexity index is 930. The molecular weight excluding hydrogens is 400 g/mol. The smallest absolute Gasteiger partial charge is 0.252 e. The van der Waals surface area contributed by atoms with E-state index in [0.29, 0.717) is 48.2 Å². The van der Waals surface area contributed by atoms with Crippen molar-refractivity contribution in [3.63, 3.8) is 0 Å². The zero-order chi connectivity index (χ0) is 19.6. The molecule has 2 aliphatic rings. The van der Waals surface area contributed by atoms with Crippen LogP contribution in [0.1, 0.15) is 12.8 Å². The molecule has 2 atom stereocenters. The normalized spacial score (nSPS) is 22.6. The standard InChI is InChI=1S/C19H22N2O5S2/c22-19(20-11-15-13-25-16-6-1-2-7-17(16)26-15)14-5-3-9-21(12-14)28(23,24)18-8-4-10-27-18/h1-2,4,6-8,10,14-15H,3,5,9,11-13H2,(H,20,22)/t14-,15-/m1/s1. The number of carbonyl (C=O) groups excluding carboxylic acids is 1. The van der Waals surface area contributed by atoms with Crippen LogP contribution in [0.3, 0.4) is 0 Å². The topological polar surface area (TPSA) is 84.9 Å². The summed E-state index contributed by atoms with van der Waals surface area (Å²) in [4.78, 5) is 12.6. The minimum Gasteiger partial charge on any atom is -0.486 e. The van der Waals surface area contributed by atoms with Gasteiger partial charge in [-0.2, -0.15) is 4.31 Å². The highest BCUT2D eigenvalue weighted by Crippen LogP contribution is 2.31. The number of hydrogen-bond donors (Lipinski definition) is 1. The number of sulfonamides is 1. The van der Waals surface area contributed by atoms with Crippen molar-refractivity contribution in [2.75, 3.05) is 26.2 Å². The number of nitrogens with zero attached hydrogens (tertiary/aromatic N) is 1. The largest absolute Gasteiger partial charge is 0.486 e. The van der Waals surface area contributed by atoms with Gasteiger partial charge in [0.25, 0.3) is 10.0 Å². The summed E-state index contributed by atoms with van der Waals surface area (Å²) in [5.41, 5.74) is 0. The number of fused-ring (bicyclic) bond motifs is 1.